The zero-order chi connectivity index (χ0) is 31.3. The van der Waals surface area contributed by atoms with Gasteiger partial charge in [-0.2, -0.15) is 0 Å². The molecule has 0 bridgehead atoms. The van der Waals surface area contributed by atoms with Crippen LogP contribution in [0.5, 0.6) is 0 Å². The number of sulfone groups is 1. The van der Waals surface area contributed by atoms with Crippen molar-refractivity contribution < 1.29 is 18.3 Å². The van der Waals surface area contributed by atoms with E-state index in [0.717, 1.165) is 0 Å². The molecule has 2 unspecified atom stereocenters. The Bertz CT molecular complexity index is 1710. The van der Waals surface area contributed by atoms with E-state index in [4.69, 9.17) is 34.7 Å². The highest BCUT2D eigenvalue weighted by Crippen LogP contribution is 2.39. The average Bonchev–Trinajstić information content (AvgIpc) is 2.97. The maximum Gasteiger partial charge on any atom is 0.269 e. The summed E-state index contributed by atoms with van der Waals surface area (Å²) in [5, 5.41) is 20.6. The predicted molar refractivity (Wildman–Crippen MR) is 170 cm³/mol. The fraction of sp³-hybridized carbons (Fsp3) is 0.0667. The third-order valence-corrected chi connectivity index (χ3v) is 9.32. The van der Waals surface area contributed by atoms with Crippen LogP contribution in [-0.4, -0.2) is 18.3 Å². The Kier molecular flexibility index (Phi) is 9.50. The highest BCUT2D eigenvalue weighted by molar-refractivity contribution is 7.92. The molecular weight excluding hydrogens is 615 g/mol. The van der Waals surface area contributed by atoms with E-state index in [2.05, 4.69) is 0 Å². The number of rotatable bonds is 10. The largest absolute Gasteiger partial charge is 0.398 e. The molecule has 13 heteroatoms. The molecule has 0 aliphatic heterocycles. The van der Waals surface area contributed by atoms with Crippen molar-refractivity contribution in [2.45, 2.75) is 10.5 Å². The minimum absolute atomic E-state index is 0.216. The monoisotopic (exact) mass is 638 g/mol. The normalized spacial score (nSPS) is 13.3. The lowest BCUT2D eigenvalue weighted by atomic mass is 10.1. The number of nitro groups is 2. The van der Waals surface area contributed by atoms with Crippen molar-refractivity contribution in [3.05, 3.63) is 150 Å². The maximum atomic E-state index is 14.5. The smallest absolute Gasteiger partial charge is 0.269 e. The summed E-state index contributed by atoms with van der Waals surface area (Å²) in [6.45, 7) is 0. The number of anilines is 2. The Balaban J connectivity index is 1.90. The molecule has 4 rings (SSSR count). The molecule has 0 fully saturated rings. The van der Waals surface area contributed by atoms with Crippen molar-refractivity contribution in [1.82, 2.24) is 0 Å². The molecule has 43 heavy (non-hydrogen) atoms. The van der Waals surface area contributed by atoms with Gasteiger partial charge in [-0.05, 0) is 58.7 Å². The second-order valence-corrected chi connectivity index (χ2v) is 12.5. The van der Waals surface area contributed by atoms with Crippen molar-refractivity contribution >= 4 is 67.9 Å². The minimum Gasteiger partial charge on any atom is -0.398 e. The van der Waals surface area contributed by atoms with Gasteiger partial charge in [-0.15, -0.1) is 0 Å². The third-order valence-electron chi connectivity index (χ3n) is 6.57. The first-order valence-electron chi connectivity index (χ1n) is 12.5. The van der Waals surface area contributed by atoms with Gasteiger partial charge in [0.2, 0.25) is 0 Å². The van der Waals surface area contributed by atoms with Crippen LogP contribution in [-0.2, 0) is 9.84 Å². The van der Waals surface area contributed by atoms with E-state index in [-0.39, 0.29) is 22.5 Å². The lowest BCUT2D eigenvalue weighted by molar-refractivity contribution is -0.385. The zero-order valence-electron chi connectivity index (χ0n) is 22.2. The summed E-state index contributed by atoms with van der Waals surface area (Å²) < 4.78 is 29.1. The number of non-ortho nitro benzene ring substituents is 2. The quantitative estimate of drug-likeness (QED) is 0.101. The number of halogens is 2. The molecular formula is C30H24Cl2N4O6S. The number of benzene rings is 4. The van der Waals surface area contributed by atoms with Crippen LogP contribution in [0, 0.1) is 20.2 Å². The van der Waals surface area contributed by atoms with Crippen LogP contribution in [0.1, 0.15) is 32.8 Å². The average molecular weight is 640 g/mol. The molecule has 10 nitrogen and oxygen atoms in total. The fourth-order valence-corrected chi connectivity index (χ4v) is 6.66. The first-order valence-corrected chi connectivity index (χ1v) is 14.9. The topological polar surface area (TPSA) is 172 Å². The standard InChI is InChI=1S/C30H24Cl2N4O6S/c31-23-7-13-27(33)21(17-23)5-15-29(19-1-9-25(10-2-19)35(37)38)43(41,42)30(20-3-11-26(12-4-20)36(39)40)16-6-22-18-24(32)8-14-28(22)34/h1-18,29-30H,33-34H2/b15-5+,16-6+. The van der Waals surface area contributed by atoms with Gasteiger partial charge in [0.15, 0.2) is 9.84 Å². The summed E-state index contributed by atoms with van der Waals surface area (Å²) in [7, 11) is -4.28. The van der Waals surface area contributed by atoms with E-state index in [1.54, 1.807) is 36.4 Å². The van der Waals surface area contributed by atoms with Crippen LogP contribution < -0.4 is 11.5 Å². The molecule has 0 aliphatic rings. The summed E-state index contributed by atoms with van der Waals surface area (Å²) in [4.78, 5) is 21.4. The molecule has 0 radical (unpaired) electrons. The van der Waals surface area contributed by atoms with Crippen LogP contribution in [0.3, 0.4) is 0 Å². The van der Waals surface area contributed by atoms with Gasteiger partial charge in [0.1, 0.15) is 10.5 Å². The van der Waals surface area contributed by atoms with Crippen LogP contribution in [0.2, 0.25) is 10.0 Å². The summed E-state index contributed by atoms with van der Waals surface area (Å²) in [6, 6.07) is 19.8. The SMILES string of the molecule is Nc1ccc(Cl)cc1/C=C/C(c1ccc([N+](=O)[O-])cc1)S(=O)(=O)C(/C=C/c1cc(Cl)ccc1N)c1ccc([N+](=O)[O-])cc1. The van der Waals surface area contributed by atoms with Gasteiger partial charge in [-0.25, -0.2) is 8.42 Å². The van der Waals surface area contributed by atoms with Crippen LogP contribution in [0.4, 0.5) is 22.7 Å². The first-order chi connectivity index (χ1) is 20.4. The van der Waals surface area contributed by atoms with E-state index < -0.39 is 30.2 Å². The highest BCUT2D eigenvalue weighted by atomic mass is 35.5. The van der Waals surface area contributed by atoms with Crippen molar-refractivity contribution in [1.29, 1.82) is 0 Å². The summed E-state index contributed by atoms with van der Waals surface area (Å²) >= 11 is 12.3. The molecule has 0 saturated carbocycles. The maximum absolute atomic E-state index is 14.5. The van der Waals surface area contributed by atoms with Crippen molar-refractivity contribution in [2.24, 2.45) is 0 Å². The Labute approximate surface area is 257 Å². The lowest BCUT2D eigenvalue weighted by Gasteiger charge is -2.22. The molecule has 4 aromatic rings. The zero-order valence-corrected chi connectivity index (χ0v) is 24.5. The summed E-state index contributed by atoms with van der Waals surface area (Å²) in [6.07, 6.45) is 5.85. The molecule has 0 spiro atoms. The number of nitrogen functional groups attached to an aromatic ring is 2. The molecule has 4 N–H and O–H groups in total. The minimum atomic E-state index is -4.28. The molecule has 0 aromatic heterocycles. The van der Waals surface area contributed by atoms with E-state index >= 15 is 0 Å². The molecule has 2 atom stereocenters. The Morgan fingerprint density at radius 1 is 0.628 bits per heavy atom. The number of nitrogens with zero attached hydrogens (tertiary/aromatic N) is 2. The highest BCUT2D eigenvalue weighted by Gasteiger charge is 2.34. The van der Waals surface area contributed by atoms with Crippen LogP contribution >= 0.6 is 23.2 Å². The van der Waals surface area contributed by atoms with Crippen LogP contribution in [0.15, 0.2) is 97.1 Å². The first kappa shape index (κ1) is 31.2. The number of hydrogen-bond acceptors (Lipinski definition) is 8. The van der Waals surface area contributed by atoms with Crippen LogP contribution in [0.25, 0.3) is 12.2 Å². The Morgan fingerprint density at radius 3 is 1.30 bits per heavy atom. The van der Waals surface area contributed by atoms with Gasteiger partial charge in [-0.3, -0.25) is 20.2 Å². The Hall–Kier alpha value is -4.71. The van der Waals surface area contributed by atoms with E-state index in [9.17, 15) is 28.6 Å². The van der Waals surface area contributed by atoms with Gasteiger partial charge in [0.25, 0.3) is 11.4 Å². The predicted octanol–water partition coefficient (Wildman–Crippen LogP) is 7.60. The van der Waals surface area contributed by atoms with Gasteiger partial charge in [0.05, 0.1) is 9.85 Å². The van der Waals surface area contributed by atoms with E-state index in [1.165, 1.54) is 72.8 Å². The molecule has 4 aromatic carbocycles. The molecule has 0 amide bonds. The van der Waals surface area contributed by atoms with Gasteiger partial charge >= 0.3 is 0 Å². The second kappa shape index (κ2) is 13.1. The lowest BCUT2D eigenvalue weighted by Crippen LogP contribution is -2.19. The number of nitrogens with two attached hydrogens (primary N) is 2. The van der Waals surface area contributed by atoms with Gasteiger partial charge in [-0.1, -0.05) is 71.8 Å². The fourth-order valence-electron chi connectivity index (χ4n) is 4.31. The number of hydrogen-bond donors (Lipinski definition) is 2. The molecule has 0 saturated heterocycles. The van der Waals surface area contributed by atoms with E-state index in [1.807, 2.05) is 0 Å². The van der Waals surface area contributed by atoms with E-state index in [0.29, 0.717) is 32.5 Å². The molecule has 0 heterocycles. The van der Waals surface area contributed by atoms with Gasteiger partial charge in [0, 0.05) is 45.7 Å². The Morgan fingerprint density at radius 2 is 0.977 bits per heavy atom. The molecule has 0 aliphatic carbocycles. The van der Waals surface area contributed by atoms with Crippen molar-refractivity contribution in [3.63, 3.8) is 0 Å². The summed E-state index contributed by atoms with van der Waals surface area (Å²) in [5.41, 5.74) is 13.8. The third kappa shape index (κ3) is 7.39. The molecule has 220 valence electrons. The van der Waals surface area contributed by atoms with Gasteiger partial charge < -0.3 is 11.5 Å². The number of nitro benzene ring substituents is 2. The van der Waals surface area contributed by atoms with Crippen molar-refractivity contribution in [2.75, 3.05) is 11.5 Å². The second-order valence-electron chi connectivity index (χ2n) is 9.39. The van der Waals surface area contributed by atoms with Crippen molar-refractivity contribution in [3.8, 4) is 0 Å². The summed E-state index contributed by atoms with van der Waals surface area (Å²) in [5.74, 6) is 0.